The van der Waals surface area contributed by atoms with Crippen LogP contribution in [0.2, 0.25) is 0 Å². The van der Waals surface area contributed by atoms with E-state index in [0.717, 1.165) is 31.2 Å². The van der Waals surface area contributed by atoms with E-state index in [1.807, 2.05) is 30.3 Å². The zero-order valence-corrected chi connectivity index (χ0v) is 17.6. The van der Waals surface area contributed by atoms with Crippen molar-refractivity contribution in [2.75, 3.05) is 0 Å². The SMILES string of the molecule is CCCCCCCC(CC(=O)Cc1ccccc1)O[C@@H]1O[C@@H](C)[C@H](O)[C@@H](O)[C@H]1O. The molecule has 164 valence electrons. The fraction of sp³-hybridized carbons (Fsp3) is 0.696. The van der Waals surface area contributed by atoms with Gasteiger partial charge in [0.1, 0.15) is 24.1 Å². The van der Waals surface area contributed by atoms with Crippen LogP contribution >= 0.6 is 0 Å². The van der Waals surface area contributed by atoms with Crippen LogP contribution in [0.5, 0.6) is 0 Å². The number of aliphatic hydroxyl groups is 3. The molecule has 1 unspecified atom stereocenters. The second-order valence-electron chi connectivity index (χ2n) is 8.05. The molecular weight excluding hydrogens is 372 g/mol. The highest BCUT2D eigenvalue weighted by molar-refractivity contribution is 5.81. The van der Waals surface area contributed by atoms with Gasteiger partial charge in [-0.25, -0.2) is 0 Å². The molecule has 1 heterocycles. The Morgan fingerprint density at radius 3 is 2.41 bits per heavy atom. The van der Waals surface area contributed by atoms with Gasteiger partial charge in [0, 0.05) is 12.8 Å². The van der Waals surface area contributed by atoms with Crippen molar-refractivity contribution in [2.24, 2.45) is 0 Å². The summed E-state index contributed by atoms with van der Waals surface area (Å²) in [5.41, 5.74) is 0.959. The average molecular weight is 409 g/mol. The first-order chi connectivity index (χ1) is 13.9. The van der Waals surface area contributed by atoms with Gasteiger partial charge in [-0.05, 0) is 18.9 Å². The van der Waals surface area contributed by atoms with E-state index < -0.39 is 36.8 Å². The lowest BCUT2D eigenvalue weighted by Crippen LogP contribution is -2.58. The van der Waals surface area contributed by atoms with Gasteiger partial charge < -0.3 is 24.8 Å². The lowest BCUT2D eigenvalue weighted by molar-refractivity contribution is -0.304. The number of carbonyl (C=O) groups is 1. The molecule has 0 aromatic heterocycles. The van der Waals surface area contributed by atoms with Crippen molar-refractivity contribution < 1.29 is 29.6 Å². The van der Waals surface area contributed by atoms with Crippen LogP contribution in [-0.4, -0.2) is 57.9 Å². The maximum absolute atomic E-state index is 12.6. The smallest absolute Gasteiger partial charge is 0.186 e. The molecule has 2 rings (SSSR count). The van der Waals surface area contributed by atoms with Crippen LogP contribution < -0.4 is 0 Å². The number of ether oxygens (including phenoxy) is 2. The highest BCUT2D eigenvalue weighted by Gasteiger charge is 2.43. The average Bonchev–Trinajstić information content (AvgIpc) is 2.70. The van der Waals surface area contributed by atoms with Gasteiger partial charge in [-0.15, -0.1) is 0 Å². The molecule has 0 amide bonds. The Bertz CT molecular complexity index is 592. The van der Waals surface area contributed by atoms with E-state index in [-0.39, 0.29) is 12.2 Å². The van der Waals surface area contributed by atoms with Crippen LogP contribution in [0.15, 0.2) is 30.3 Å². The van der Waals surface area contributed by atoms with Crippen molar-refractivity contribution in [3.05, 3.63) is 35.9 Å². The van der Waals surface area contributed by atoms with E-state index >= 15 is 0 Å². The van der Waals surface area contributed by atoms with E-state index in [9.17, 15) is 20.1 Å². The van der Waals surface area contributed by atoms with Crippen LogP contribution in [0.4, 0.5) is 0 Å². The third-order valence-corrected chi connectivity index (χ3v) is 5.46. The molecular formula is C23H36O6. The molecule has 0 bridgehead atoms. The molecule has 1 fully saturated rings. The number of aliphatic hydroxyl groups excluding tert-OH is 3. The molecule has 1 aliphatic rings. The zero-order chi connectivity index (χ0) is 21.2. The number of hydrogen-bond donors (Lipinski definition) is 3. The molecule has 0 spiro atoms. The fourth-order valence-electron chi connectivity index (χ4n) is 3.66. The summed E-state index contributed by atoms with van der Waals surface area (Å²) in [6.07, 6.45) is 0.734. The highest BCUT2D eigenvalue weighted by Crippen LogP contribution is 2.25. The van der Waals surface area contributed by atoms with Crippen LogP contribution in [0.25, 0.3) is 0 Å². The van der Waals surface area contributed by atoms with E-state index in [4.69, 9.17) is 9.47 Å². The summed E-state index contributed by atoms with van der Waals surface area (Å²) in [4.78, 5) is 12.6. The van der Waals surface area contributed by atoms with Gasteiger partial charge in [0.2, 0.25) is 0 Å². The molecule has 6 nitrogen and oxygen atoms in total. The summed E-state index contributed by atoms with van der Waals surface area (Å²) in [6, 6.07) is 9.58. The Labute approximate surface area is 173 Å². The predicted molar refractivity (Wildman–Crippen MR) is 110 cm³/mol. The lowest BCUT2D eigenvalue weighted by atomic mass is 9.98. The summed E-state index contributed by atoms with van der Waals surface area (Å²) in [5.74, 6) is 0.0636. The van der Waals surface area contributed by atoms with Gasteiger partial charge in [0.25, 0.3) is 0 Å². The van der Waals surface area contributed by atoms with Crippen LogP contribution in [-0.2, 0) is 20.7 Å². The minimum Gasteiger partial charge on any atom is -0.388 e. The molecule has 1 aromatic carbocycles. The summed E-state index contributed by atoms with van der Waals surface area (Å²) >= 11 is 0. The minimum absolute atomic E-state index is 0.0636. The number of rotatable bonds is 12. The van der Waals surface area contributed by atoms with E-state index in [2.05, 4.69) is 6.92 Å². The molecule has 0 aliphatic carbocycles. The van der Waals surface area contributed by atoms with Gasteiger partial charge in [-0.1, -0.05) is 69.4 Å². The Morgan fingerprint density at radius 1 is 1.03 bits per heavy atom. The van der Waals surface area contributed by atoms with E-state index in [1.165, 1.54) is 6.42 Å². The number of unbranched alkanes of at least 4 members (excludes halogenated alkanes) is 4. The third-order valence-electron chi connectivity index (χ3n) is 5.46. The van der Waals surface area contributed by atoms with Crippen LogP contribution in [0, 0.1) is 0 Å². The van der Waals surface area contributed by atoms with Crippen molar-refractivity contribution in [3.8, 4) is 0 Å². The summed E-state index contributed by atoms with van der Waals surface area (Å²) < 4.78 is 11.5. The number of Topliss-reactive ketones (excluding diaryl/α,β-unsaturated/α-hetero) is 1. The van der Waals surface area contributed by atoms with Crippen molar-refractivity contribution >= 4 is 5.78 Å². The largest absolute Gasteiger partial charge is 0.388 e. The van der Waals surface area contributed by atoms with Gasteiger partial charge >= 0.3 is 0 Å². The molecule has 29 heavy (non-hydrogen) atoms. The number of ketones is 1. The van der Waals surface area contributed by atoms with Crippen molar-refractivity contribution in [3.63, 3.8) is 0 Å². The van der Waals surface area contributed by atoms with Crippen molar-refractivity contribution in [2.45, 2.75) is 102 Å². The summed E-state index contributed by atoms with van der Waals surface area (Å²) in [6.45, 7) is 3.79. The Hall–Kier alpha value is -1.31. The molecule has 6 atom stereocenters. The summed E-state index contributed by atoms with van der Waals surface area (Å²) in [7, 11) is 0. The van der Waals surface area contributed by atoms with Crippen LogP contribution in [0.3, 0.4) is 0 Å². The maximum atomic E-state index is 12.6. The van der Waals surface area contributed by atoms with E-state index in [0.29, 0.717) is 12.8 Å². The molecule has 1 saturated heterocycles. The Balaban J connectivity index is 1.95. The topological polar surface area (TPSA) is 96.2 Å². The lowest BCUT2D eigenvalue weighted by Gasteiger charge is -2.40. The summed E-state index contributed by atoms with van der Waals surface area (Å²) in [5, 5.41) is 30.1. The number of hydrogen-bond acceptors (Lipinski definition) is 6. The highest BCUT2D eigenvalue weighted by atomic mass is 16.7. The first-order valence-corrected chi connectivity index (χ1v) is 10.8. The first kappa shape index (κ1) is 24.0. The molecule has 1 aromatic rings. The molecule has 6 heteroatoms. The van der Waals surface area contributed by atoms with Gasteiger partial charge in [-0.2, -0.15) is 0 Å². The molecule has 0 saturated carbocycles. The maximum Gasteiger partial charge on any atom is 0.186 e. The second kappa shape index (κ2) is 12.4. The predicted octanol–water partition coefficient (Wildman–Crippen LogP) is 2.76. The van der Waals surface area contributed by atoms with Gasteiger partial charge in [-0.3, -0.25) is 4.79 Å². The first-order valence-electron chi connectivity index (χ1n) is 10.8. The Morgan fingerprint density at radius 2 is 1.72 bits per heavy atom. The molecule has 0 radical (unpaired) electrons. The fourth-order valence-corrected chi connectivity index (χ4v) is 3.66. The number of benzene rings is 1. The van der Waals surface area contributed by atoms with Crippen molar-refractivity contribution in [1.29, 1.82) is 0 Å². The monoisotopic (exact) mass is 408 g/mol. The second-order valence-corrected chi connectivity index (χ2v) is 8.05. The third kappa shape index (κ3) is 7.79. The molecule has 1 aliphatic heterocycles. The standard InChI is InChI=1S/C23H36O6/c1-3-4-5-6-10-13-19(15-18(24)14-17-11-8-7-9-12-17)29-23-22(27)21(26)20(25)16(2)28-23/h7-9,11-12,16,19-23,25-27H,3-6,10,13-15H2,1-2H3/t16-,19?,20-,21+,22+,23-/m0/s1. The number of carbonyl (C=O) groups excluding carboxylic acids is 1. The van der Waals surface area contributed by atoms with Gasteiger partial charge in [0.05, 0.1) is 12.2 Å². The van der Waals surface area contributed by atoms with Crippen LogP contribution in [0.1, 0.15) is 64.4 Å². The quantitative estimate of drug-likeness (QED) is 0.460. The normalized spacial score (nSPS) is 28.2. The minimum atomic E-state index is -1.35. The van der Waals surface area contributed by atoms with E-state index in [1.54, 1.807) is 6.92 Å². The van der Waals surface area contributed by atoms with Gasteiger partial charge in [0.15, 0.2) is 6.29 Å². The van der Waals surface area contributed by atoms with Crippen molar-refractivity contribution in [1.82, 2.24) is 0 Å². The Kier molecular flexibility index (Phi) is 10.2. The molecule has 3 N–H and O–H groups in total. The zero-order valence-electron chi connectivity index (χ0n) is 17.6.